The molecule has 12 heteroatoms. The van der Waals surface area contributed by atoms with Gasteiger partial charge in [0.1, 0.15) is 24.4 Å². The van der Waals surface area contributed by atoms with E-state index in [1.54, 1.807) is 7.11 Å². The van der Waals surface area contributed by atoms with Gasteiger partial charge >= 0.3 is 0 Å². The largest absolute Gasteiger partial charge is 0.384 e. The van der Waals surface area contributed by atoms with Gasteiger partial charge in [0.25, 0.3) is 0 Å². The molecule has 0 radical (unpaired) electrons. The first-order valence-electron chi connectivity index (χ1n) is 18.8. The van der Waals surface area contributed by atoms with Crippen molar-refractivity contribution in [1.82, 2.24) is 0 Å². The van der Waals surface area contributed by atoms with Gasteiger partial charge < -0.3 is 43.4 Å². The lowest BCUT2D eigenvalue weighted by Crippen LogP contribution is -2.41. The van der Waals surface area contributed by atoms with E-state index in [0.717, 1.165) is 45.1 Å². The maximum Gasteiger partial charge on any atom is 0.176 e. The van der Waals surface area contributed by atoms with Gasteiger partial charge in [-0.1, -0.05) is 18.2 Å². The first-order chi connectivity index (χ1) is 25.6. The van der Waals surface area contributed by atoms with Crippen LogP contribution in [0.25, 0.3) is 0 Å². The molecule has 3 aromatic rings. The van der Waals surface area contributed by atoms with Gasteiger partial charge in [0.05, 0.1) is 33.0 Å². The number of hydrogen-bond donors (Lipinski definition) is 2. The van der Waals surface area contributed by atoms with Crippen LogP contribution in [-0.4, -0.2) is 114 Å². The van der Waals surface area contributed by atoms with Crippen LogP contribution in [-0.2, 0) is 52.8 Å². The fraction of sp³-hybridized carbons (Fsp3) is 0.625. The maximum atomic E-state index is 10.2. The molecule has 0 aliphatic rings. The van der Waals surface area contributed by atoms with Crippen molar-refractivity contribution >= 4 is 0 Å². The van der Waals surface area contributed by atoms with Crippen LogP contribution in [0.5, 0.6) is 0 Å². The summed E-state index contributed by atoms with van der Waals surface area (Å²) in [5.74, 6) is 0. The summed E-state index contributed by atoms with van der Waals surface area (Å²) >= 11 is 0. The van der Waals surface area contributed by atoms with Crippen LogP contribution in [0.1, 0.15) is 38.5 Å². The normalized spacial score (nSPS) is 13.9. The second kappa shape index (κ2) is 29.5. The number of aliphatic hydroxyl groups is 2. The molecular formula is C40H64N3O9+3. The molecule has 290 valence electrons. The number of aromatic nitrogens is 3. The lowest BCUT2D eigenvalue weighted by molar-refractivity contribution is -0.704. The number of aliphatic hydroxyl groups excluding tert-OH is 2. The van der Waals surface area contributed by atoms with Crippen LogP contribution in [0.2, 0.25) is 0 Å². The summed E-state index contributed by atoms with van der Waals surface area (Å²) in [5.41, 5.74) is 0. The highest BCUT2D eigenvalue weighted by atomic mass is 16.6. The van der Waals surface area contributed by atoms with Crippen molar-refractivity contribution in [3.8, 4) is 0 Å². The number of rotatable bonds is 33. The maximum absolute atomic E-state index is 10.2. The lowest BCUT2D eigenvalue weighted by atomic mass is 10.3. The monoisotopic (exact) mass is 730 g/mol. The lowest BCUT2D eigenvalue weighted by Gasteiger charge is -2.19. The Morgan fingerprint density at radius 3 is 1.12 bits per heavy atom. The van der Waals surface area contributed by atoms with Gasteiger partial charge in [-0.3, -0.25) is 0 Å². The summed E-state index contributed by atoms with van der Waals surface area (Å²) < 4.78 is 46.9. The van der Waals surface area contributed by atoms with Crippen LogP contribution in [0, 0.1) is 0 Å². The second-order valence-electron chi connectivity index (χ2n) is 12.9. The van der Waals surface area contributed by atoms with Crippen molar-refractivity contribution < 1.29 is 57.1 Å². The molecule has 0 aliphatic heterocycles. The number of unbranched alkanes of at least 4 members (excludes halogenated alkanes) is 3. The van der Waals surface area contributed by atoms with E-state index in [0.29, 0.717) is 85.8 Å². The van der Waals surface area contributed by atoms with E-state index >= 15 is 0 Å². The van der Waals surface area contributed by atoms with Gasteiger partial charge in [0.15, 0.2) is 56.8 Å². The minimum absolute atomic E-state index is 0.00277. The van der Waals surface area contributed by atoms with Crippen molar-refractivity contribution in [3.05, 3.63) is 91.8 Å². The molecule has 0 amide bonds. The fourth-order valence-electron chi connectivity index (χ4n) is 5.29. The van der Waals surface area contributed by atoms with Gasteiger partial charge in [-0.2, -0.15) is 0 Å². The van der Waals surface area contributed by atoms with E-state index in [-0.39, 0.29) is 12.2 Å². The molecule has 0 aliphatic carbocycles. The molecule has 0 aromatic carbocycles. The van der Waals surface area contributed by atoms with E-state index in [4.69, 9.17) is 33.2 Å². The third-order valence-corrected chi connectivity index (χ3v) is 8.15. The van der Waals surface area contributed by atoms with Crippen molar-refractivity contribution in [2.75, 3.05) is 79.8 Å². The highest BCUT2D eigenvalue weighted by molar-refractivity contribution is 4.85. The summed E-state index contributed by atoms with van der Waals surface area (Å²) in [7, 11) is 1.72. The third-order valence-electron chi connectivity index (χ3n) is 8.15. The average Bonchev–Trinajstić information content (AvgIpc) is 3.16. The van der Waals surface area contributed by atoms with Gasteiger partial charge in [-0.15, -0.1) is 0 Å². The molecule has 2 N–H and O–H groups in total. The number of ether oxygens (including phenoxy) is 7. The summed E-state index contributed by atoms with van der Waals surface area (Å²) in [6.45, 7) is 7.45. The zero-order valence-electron chi connectivity index (χ0n) is 31.2. The smallest absolute Gasteiger partial charge is 0.176 e. The molecule has 0 saturated heterocycles. The van der Waals surface area contributed by atoms with E-state index in [1.807, 2.05) is 101 Å². The van der Waals surface area contributed by atoms with E-state index in [9.17, 15) is 10.2 Å². The van der Waals surface area contributed by atoms with Gasteiger partial charge in [-0.25, -0.2) is 13.7 Å². The zero-order valence-corrected chi connectivity index (χ0v) is 31.2. The number of hydrogen-bond acceptors (Lipinski definition) is 9. The van der Waals surface area contributed by atoms with Crippen LogP contribution < -0.4 is 13.7 Å². The number of nitrogens with zero attached hydrogens (tertiary/aromatic N) is 3. The predicted octanol–water partition coefficient (Wildman–Crippen LogP) is 2.50. The van der Waals surface area contributed by atoms with Crippen molar-refractivity contribution in [1.29, 1.82) is 0 Å². The Kier molecular flexibility index (Phi) is 24.7. The Labute approximate surface area is 310 Å². The predicted molar refractivity (Wildman–Crippen MR) is 194 cm³/mol. The molecular weight excluding hydrogens is 666 g/mol. The van der Waals surface area contributed by atoms with Crippen molar-refractivity contribution in [2.45, 2.75) is 82.6 Å². The minimum Gasteiger partial charge on any atom is -0.384 e. The Morgan fingerprint density at radius 2 is 0.731 bits per heavy atom. The van der Waals surface area contributed by atoms with E-state index < -0.39 is 12.2 Å². The van der Waals surface area contributed by atoms with Crippen LogP contribution >= 0.6 is 0 Å². The molecule has 3 heterocycles. The highest BCUT2D eigenvalue weighted by Gasteiger charge is 2.15. The SMILES string of the molecule is COC(COCCCCOCC(COCCCCOCC(O)C[n+]1ccccc1)OCCCCOCC(O)C[n+]1ccccc1)C[n+]1ccccc1. The van der Waals surface area contributed by atoms with Crippen LogP contribution in [0.3, 0.4) is 0 Å². The number of pyridine rings is 3. The first kappa shape index (κ1) is 43.5. The molecule has 0 spiro atoms. The van der Waals surface area contributed by atoms with Crippen molar-refractivity contribution in [3.63, 3.8) is 0 Å². The topological polar surface area (TPSA) is 117 Å². The van der Waals surface area contributed by atoms with Crippen LogP contribution in [0.15, 0.2) is 91.8 Å². The molecule has 0 bridgehead atoms. The first-order valence-corrected chi connectivity index (χ1v) is 18.8. The van der Waals surface area contributed by atoms with Gasteiger partial charge in [-0.05, 0) is 38.5 Å². The second-order valence-corrected chi connectivity index (χ2v) is 12.9. The fourth-order valence-corrected chi connectivity index (χ4v) is 5.29. The molecule has 3 rings (SSSR count). The van der Waals surface area contributed by atoms with Crippen molar-refractivity contribution in [2.24, 2.45) is 0 Å². The molecule has 4 atom stereocenters. The quantitative estimate of drug-likeness (QED) is 0.0721. The van der Waals surface area contributed by atoms with Gasteiger partial charge in [0, 0.05) is 83.1 Å². The van der Waals surface area contributed by atoms with Gasteiger partial charge in [0.2, 0.25) is 0 Å². The Hall–Kier alpha value is -2.91. The minimum atomic E-state index is -0.549. The van der Waals surface area contributed by atoms with Crippen LogP contribution in [0.4, 0.5) is 0 Å². The Bertz CT molecular complexity index is 1220. The summed E-state index contributed by atoms with van der Waals surface area (Å²) in [6, 6.07) is 17.7. The Morgan fingerprint density at radius 1 is 0.404 bits per heavy atom. The molecule has 0 saturated carbocycles. The summed E-state index contributed by atoms with van der Waals surface area (Å²) in [5, 5.41) is 20.4. The molecule has 0 fully saturated rings. The average molecular weight is 731 g/mol. The molecule has 12 nitrogen and oxygen atoms in total. The van der Waals surface area contributed by atoms with E-state index in [1.165, 1.54) is 0 Å². The molecule has 4 unspecified atom stereocenters. The third kappa shape index (κ3) is 22.2. The molecule has 52 heavy (non-hydrogen) atoms. The zero-order chi connectivity index (χ0) is 36.7. The standard InChI is InChI=1S/C40H64N3O9/c1-46-39(31-43-21-9-4-10-22-43)34-49-25-13-14-27-51-36-40(52-28-16-15-24-48-33-38(45)30-42-19-7-3-8-20-42)35-50-26-12-11-23-47-32-37(44)29-41-17-5-2-6-18-41/h2-10,17-22,37-40,44-45H,11-16,23-36H2,1H3/q+3. The Balaban J connectivity index is 1.24. The summed E-state index contributed by atoms with van der Waals surface area (Å²) in [6.07, 6.45) is 15.7. The van der Waals surface area contributed by atoms with E-state index in [2.05, 4.69) is 4.57 Å². The summed E-state index contributed by atoms with van der Waals surface area (Å²) in [4.78, 5) is 0. The highest BCUT2D eigenvalue weighted by Crippen LogP contribution is 2.03. The number of methoxy groups -OCH3 is 1. The molecule has 3 aromatic heterocycles.